The third-order valence-corrected chi connectivity index (χ3v) is 5.06. The Balaban J connectivity index is 2.07. The van der Waals surface area contributed by atoms with Gasteiger partial charge in [0.2, 0.25) is 0 Å². The lowest BCUT2D eigenvalue weighted by Crippen LogP contribution is -2.26. The van der Waals surface area contributed by atoms with E-state index in [4.69, 9.17) is 5.73 Å². The molecule has 0 bridgehead atoms. The second kappa shape index (κ2) is 5.76. The first-order chi connectivity index (χ1) is 9.37. The third-order valence-electron chi connectivity index (χ3n) is 3.34. The lowest BCUT2D eigenvalue weighted by atomic mass is 10.1. The fourth-order valence-corrected chi connectivity index (χ4v) is 3.58. The smallest absolute Gasteiger partial charge is 0.292 e. The monoisotopic (exact) mass is 299 g/mol. The van der Waals surface area contributed by atoms with Crippen LogP contribution in [0, 0.1) is 10.1 Å². The topological polar surface area (TPSA) is 107 Å². The summed E-state index contributed by atoms with van der Waals surface area (Å²) in [7, 11) is -2.93. The maximum Gasteiger partial charge on any atom is 0.292 e. The molecule has 0 radical (unpaired) electrons. The summed E-state index contributed by atoms with van der Waals surface area (Å²) in [4.78, 5) is 12.2. The lowest BCUT2D eigenvalue weighted by Gasteiger charge is -2.19. The van der Waals surface area contributed by atoms with Crippen LogP contribution < -0.4 is 5.73 Å². The largest absolute Gasteiger partial charge is 0.393 e. The molecule has 1 aromatic rings. The van der Waals surface area contributed by atoms with Gasteiger partial charge in [-0.3, -0.25) is 15.0 Å². The van der Waals surface area contributed by atoms with Crippen molar-refractivity contribution < 1.29 is 13.3 Å². The average Bonchev–Trinajstić information content (AvgIpc) is 2.51. The molecule has 0 unspecified atom stereocenters. The molecule has 1 aliphatic rings. The molecule has 110 valence electrons. The van der Waals surface area contributed by atoms with Crippen LogP contribution in [0.4, 0.5) is 11.4 Å². The minimum absolute atomic E-state index is 0.104. The van der Waals surface area contributed by atoms with Crippen LogP contribution in [0.1, 0.15) is 12.0 Å². The molecule has 7 nitrogen and oxygen atoms in total. The quantitative estimate of drug-likeness (QED) is 0.502. The maximum atomic E-state index is 11.5. The first kappa shape index (κ1) is 14.7. The standard InChI is InChI=1S/C12H17N3O4S/c13-11-8-10(2-3-12(11)15(16)17)9-14-4-1-6-20(18,19)7-5-14/h2-3,8H,1,4-7,9,13H2. The van der Waals surface area contributed by atoms with Gasteiger partial charge in [0, 0.05) is 19.2 Å². The number of hydrogen-bond acceptors (Lipinski definition) is 6. The number of nitrogens with zero attached hydrogens (tertiary/aromatic N) is 2. The maximum absolute atomic E-state index is 11.5. The Morgan fingerprint density at radius 3 is 2.70 bits per heavy atom. The summed E-state index contributed by atoms with van der Waals surface area (Å²) in [6, 6.07) is 4.63. The van der Waals surface area contributed by atoms with Gasteiger partial charge in [-0.05, 0) is 24.6 Å². The van der Waals surface area contributed by atoms with Gasteiger partial charge in [-0.2, -0.15) is 0 Å². The number of hydrogen-bond donors (Lipinski definition) is 1. The Kier molecular flexibility index (Phi) is 4.24. The van der Waals surface area contributed by atoms with Gasteiger partial charge in [0.1, 0.15) is 5.69 Å². The molecule has 0 atom stereocenters. The normalized spacial score (nSPS) is 19.4. The first-order valence-electron chi connectivity index (χ1n) is 6.33. The van der Waals surface area contributed by atoms with E-state index in [2.05, 4.69) is 0 Å². The summed E-state index contributed by atoms with van der Waals surface area (Å²) in [5, 5.41) is 10.7. The van der Waals surface area contributed by atoms with E-state index < -0.39 is 14.8 Å². The fraction of sp³-hybridized carbons (Fsp3) is 0.500. The van der Waals surface area contributed by atoms with E-state index in [9.17, 15) is 18.5 Å². The molecular weight excluding hydrogens is 282 g/mol. The number of nitro benzene ring substituents is 1. The van der Waals surface area contributed by atoms with Crippen molar-refractivity contribution in [3.05, 3.63) is 33.9 Å². The summed E-state index contributed by atoms with van der Waals surface area (Å²) in [6.45, 7) is 1.74. The summed E-state index contributed by atoms with van der Waals surface area (Å²) in [5.41, 5.74) is 6.53. The summed E-state index contributed by atoms with van der Waals surface area (Å²) < 4.78 is 23.0. The number of benzene rings is 1. The minimum Gasteiger partial charge on any atom is -0.393 e. The van der Waals surface area contributed by atoms with E-state index in [1.54, 1.807) is 12.1 Å². The molecule has 20 heavy (non-hydrogen) atoms. The molecule has 0 spiro atoms. The van der Waals surface area contributed by atoms with Crippen molar-refractivity contribution in [2.24, 2.45) is 0 Å². The van der Waals surface area contributed by atoms with E-state index >= 15 is 0 Å². The van der Waals surface area contributed by atoms with Gasteiger partial charge in [-0.25, -0.2) is 8.42 Å². The Labute approximate surface area is 117 Å². The van der Waals surface area contributed by atoms with Crippen molar-refractivity contribution in [2.45, 2.75) is 13.0 Å². The predicted octanol–water partition coefficient (Wildman–Crippen LogP) is 0.798. The highest BCUT2D eigenvalue weighted by atomic mass is 32.2. The van der Waals surface area contributed by atoms with E-state index in [-0.39, 0.29) is 22.9 Å². The van der Waals surface area contributed by atoms with Crippen LogP contribution in [-0.4, -0.2) is 42.8 Å². The average molecular weight is 299 g/mol. The highest BCUT2D eigenvalue weighted by Gasteiger charge is 2.19. The Morgan fingerprint density at radius 2 is 2.05 bits per heavy atom. The van der Waals surface area contributed by atoms with Crippen LogP contribution >= 0.6 is 0 Å². The first-order valence-corrected chi connectivity index (χ1v) is 8.15. The third kappa shape index (κ3) is 3.67. The predicted molar refractivity (Wildman–Crippen MR) is 76.1 cm³/mol. The van der Waals surface area contributed by atoms with Gasteiger partial charge < -0.3 is 5.73 Å². The van der Waals surface area contributed by atoms with Gasteiger partial charge >= 0.3 is 0 Å². The highest BCUT2D eigenvalue weighted by molar-refractivity contribution is 7.91. The Hall–Kier alpha value is -1.67. The minimum atomic E-state index is -2.93. The van der Waals surface area contributed by atoms with Crippen molar-refractivity contribution >= 4 is 21.2 Å². The van der Waals surface area contributed by atoms with Crippen molar-refractivity contribution in [3.63, 3.8) is 0 Å². The molecule has 1 saturated heterocycles. The number of nitrogens with two attached hydrogens (primary N) is 1. The molecule has 1 aliphatic heterocycles. The Morgan fingerprint density at radius 1 is 1.30 bits per heavy atom. The number of rotatable bonds is 3. The van der Waals surface area contributed by atoms with Gasteiger partial charge in [-0.1, -0.05) is 6.07 Å². The summed E-state index contributed by atoms with van der Waals surface area (Å²) >= 11 is 0. The second-order valence-corrected chi connectivity index (χ2v) is 7.24. The highest BCUT2D eigenvalue weighted by Crippen LogP contribution is 2.23. The van der Waals surface area contributed by atoms with Crippen molar-refractivity contribution in [1.29, 1.82) is 0 Å². The van der Waals surface area contributed by atoms with E-state index in [1.165, 1.54) is 6.07 Å². The molecule has 0 amide bonds. The molecule has 0 aliphatic carbocycles. The molecule has 1 aromatic carbocycles. The molecule has 2 N–H and O–H groups in total. The van der Waals surface area contributed by atoms with Crippen LogP contribution in [0.3, 0.4) is 0 Å². The second-order valence-electron chi connectivity index (χ2n) is 4.93. The van der Waals surface area contributed by atoms with Crippen molar-refractivity contribution in [2.75, 3.05) is 30.3 Å². The van der Waals surface area contributed by atoms with Gasteiger partial charge in [-0.15, -0.1) is 0 Å². The van der Waals surface area contributed by atoms with E-state index in [0.717, 1.165) is 5.56 Å². The Bertz CT molecular complexity index is 615. The molecule has 8 heteroatoms. The molecule has 1 fully saturated rings. The van der Waals surface area contributed by atoms with E-state index in [1.807, 2.05) is 4.90 Å². The molecule has 0 aromatic heterocycles. The SMILES string of the molecule is Nc1cc(CN2CCCS(=O)(=O)CC2)ccc1[N+](=O)[O-]. The zero-order valence-electron chi connectivity index (χ0n) is 11.0. The van der Waals surface area contributed by atoms with Crippen LogP contribution in [-0.2, 0) is 16.4 Å². The van der Waals surface area contributed by atoms with E-state index in [0.29, 0.717) is 26.1 Å². The number of nitrogen functional groups attached to an aromatic ring is 1. The molecule has 1 heterocycles. The van der Waals surface area contributed by atoms with Gasteiger partial charge in [0.15, 0.2) is 9.84 Å². The number of anilines is 1. The van der Waals surface area contributed by atoms with Gasteiger partial charge in [0.05, 0.1) is 16.4 Å². The number of nitro groups is 1. The lowest BCUT2D eigenvalue weighted by molar-refractivity contribution is -0.383. The van der Waals surface area contributed by atoms with Crippen LogP contribution in [0.15, 0.2) is 18.2 Å². The molecule has 2 rings (SSSR count). The van der Waals surface area contributed by atoms with Gasteiger partial charge in [0.25, 0.3) is 5.69 Å². The molecule has 0 saturated carbocycles. The number of sulfone groups is 1. The van der Waals surface area contributed by atoms with Crippen LogP contribution in [0.2, 0.25) is 0 Å². The zero-order chi connectivity index (χ0) is 14.8. The fourth-order valence-electron chi connectivity index (χ4n) is 2.28. The zero-order valence-corrected chi connectivity index (χ0v) is 11.8. The van der Waals surface area contributed by atoms with Crippen molar-refractivity contribution in [1.82, 2.24) is 4.90 Å². The summed E-state index contributed by atoms with van der Waals surface area (Å²) in [6.07, 6.45) is 0.616. The van der Waals surface area contributed by atoms with Crippen LogP contribution in [0.5, 0.6) is 0 Å². The van der Waals surface area contributed by atoms with Crippen LogP contribution in [0.25, 0.3) is 0 Å². The molecular formula is C12H17N3O4S. The van der Waals surface area contributed by atoms with Crippen molar-refractivity contribution in [3.8, 4) is 0 Å². The summed E-state index contributed by atoms with van der Waals surface area (Å²) in [5.74, 6) is 0.390.